The smallest absolute Gasteiger partial charge is 0.408 e. The van der Waals surface area contributed by atoms with Crippen molar-refractivity contribution >= 4 is 23.9 Å². The molecule has 230 valence electrons. The Hall–Kier alpha value is -4.28. The summed E-state index contributed by atoms with van der Waals surface area (Å²) in [5.41, 5.74) is -0.253. The molecule has 0 aliphatic carbocycles. The van der Waals surface area contributed by atoms with Crippen LogP contribution in [-0.2, 0) is 30.3 Å². The average molecular weight is 586 g/mol. The van der Waals surface area contributed by atoms with Crippen molar-refractivity contribution in [1.82, 2.24) is 15.5 Å². The Bertz CT molecular complexity index is 1270. The third kappa shape index (κ3) is 9.39. The summed E-state index contributed by atoms with van der Waals surface area (Å²) in [6.07, 6.45) is -0.365. The van der Waals surface area contributed by atoms with Crippen LogP contribution in [0.1, 0.15) is 70.7 Å². The maximum atomic E-state index is 14.6. The molecule has 0 saturated heterocycles. The van der Waals surface area contributed by atoms with Crippen molar-refractivity contribution in [3.63, 3.8) is 0 Å². The van der Waals surface area contributed by atoms with Gasteiger partial charge in [0.05, 0.1) is 7.11 Å². The van der Waals surface area contributed by atoms with Gasteiger partial charge >= 0.3 is 12.1 Å². The number of carbonyl (C=O) groups excluding carboxylic acids is 4. The van der Waals surface area contributed by atoms with Gasteiger partial charge < -0.3 is 35.2 Å². The molecule has 42 heavy (non-hydrogen) atoms. The monoisotopic (exact) mass is 585 g/mol. The van der Waals surface area contributed by atoms with E-state index in [-0.39, 0.29) is 17.9 Å². The van der Waals surface area contributed by atoms with Gasteiger partial charge in [0.2, 0.25) is 11.8 Å². The number of aryl methyl sites for hydroxylation is 1. The largest absolute Gasteiger partial charge is 0.508 e. The minimum atomic E-state index is -1.25. The Morgan fingerprint density at radius 1 is 0.976 bits per heavy atom. The number of methoxy groups -OCH3 is 1. The van der Waals surface area contributed by atoms with Gasteiger partial charge in [0.15, 0.2) is 0 Å². The van der Waals surface area contributed by atoms with Crippen LogP contribution >= 0.6 is 0 Å². The fourth-order valence-electron chi connectivity index (χ4n) is 4.23. The highest BCUT2D eigenvalue weighted by atomic mass is 16.6. The summed E-state index contributed by atoms with van der Waals surface area (Å²) >= 11 is 0. The summed E-state index contributed by atoms with van der Waals surface area (Å²) in [6, 6.07) is 8.34. The molecule has 2 rings (SSSR count). The molecule has 0 radical (unpaired) electrons. The highest BCUT2D eigenvalue weighted by molar-refractivity contribution is 5.94. The lowest BCUT2D eigenvalue weighted by Gasteiger charge is -2.44. The van der Waals surface area contributed by atoms with Gasteiger partial charge in [-0.2, -0.15) is 0 Å². The molecule has 0 aliphatic rings. The molecule has 4 N–H and O–H groups in total. The van der Waals surface area contributed by atoms with Crippen LogP contribution in [0.15, 0.2) is 42.5 Å². The summed E-state index contributed by atoms with van der Waals surface area (Å²) < 4.78 is 10.1. The quantitative estimate of drug-likeness (QED) is 0.290. The van der Waals surface area contributed by atoms with Crippen LogP contribution in [0.2, 0.25) is 0 Å². The lowest BCUT2D eigenvalue weighted by molar-refractivity contribution is -0.150. The highest BCUT2D eigenvalue weighted by Crippen LogP contribution is 2.34. The van der Waals surface area contributed by atoms with Crippen LogP contribution < -0.4 is 10.6 Å². The van der Waals surface area contributed by atoms with Crippen molar-refractivity contribution in [2.75, 3.05) is 13.7 Å². The van der Waals surface area contributed by atoms with Crippen molar-refractivity contribution in [2.24, 2.45) is 0 Å². The first-order chi connectivity index (χ1) is 19.5. The number of nitrogens with one attached hydrogen (secondary N) is 2. The number of amides is 3. The number of ether oxygens (including phenoxy) is 2. The third-order valence-corrected chi connectivity index (χ3v) is 6.80. The lowest BCUT2D eigenvalue weighted by Crippen LogP contribution is -2.60. The van der Waals surface area contributed by atoms with Crippen LogP contribution in [-0.4, -0.2) is 69.8 Å². The van der Waals surface area contributed by atoms with Gasteiger partial charge in [-0.25, -0.2) is 4.79 Å². The van der Waals surface area contributed by atoms with E-state index in [0.717, 1.165) is 0 Å². The van der Waals surface area contributed by atoms with E-state index in [1.807, 2.05) is 6.92 Å². The highest BCUT2D eigenvalue weighted by Gasteiger charge is 2.43. The van der Waals surface area contributed by atoms with Crippen LogP contribution in [0.3, 0.4) is 0 Å². The summed E-state index contributed by atoms with van der Waals surface area (Å²) in [6.45, 7) is 11.8. The predicted molar refractivity (Wildman–Crippen MR) is 157 cm³/mol. The molecular formula is C31H43N3O8. The van der Waals surface area contributed by atoms with E-state index in [0.29, 0.717) is 23.1 Å². The van der Waals surface area contributed by atoms with E-state index >= 15 is 0 Å². The van der Waals surface area contributed by atoms with E-state index in [1.54, 1.807) is 59.7 Å². The number of hydrogen-bond donors (Lipinski definition) is 4. The number of nitrogens with zero attached hydrogens (tertiary/aromatic N) is 1. The molecule has 2 atom stereocenters. The minimum Gasteiger partial charge on any atom is -0.508 e. The second-order valence-corrected chi connectivity index (χ2v) is 11.7. The maximum Gasteiger partial charge on any atom is 0.408 e. The molecule has 11 nitrogen and oxygen atoms in total. The fraction of sp³-hybridized carbons (Fsp3) is 0.484. The number of hydrogen-bond acceptors (Lipinski definition) is 8. The molecule has 0 bridgehead atoms. The summed E-state index contributed by atoms with van der Waals surface area (Å²) in [5.74, 6) is -1.85. The topological polar surface area (TPSA) is 154 Å². The zero-order valence-electron chi connectivity index (χ0n) is 25.6. The molecule has 3 amide bonds. The Morgan fingerprint density at radius 2 is 1.60 bits per heavy atom. The zero-order valence-corrected chi connectivity index (χ0v) is 25.6. The second-order valence-electron chi connectivity index (χ2n) is 11.7. The van der Waals surface area contributed by atoms with E-state index in [2.05, 4.69) is 15.4 Å². The molecule has 2 aromatic rings. The van der Waals surface area contributed by atoms with Gasteiger partial charge in [-0.15, -0.1) is 0 Å². The number of alkyl carbamates (subject to hydrolysis) is 1. The van der Waals surface area contributed by atoms with Gasteiger partial charge in [0.25, 0.3) is 0 Å². The van der Waals surface area contributed by atoms with Crippen molar-refractivity contribution in [1.29, 1.82) is 0 Å². The molecule has 0 saturated carbocycles. The van der Waals surface area contributed by atoms with Crippen molar-refractivity contribution in [3.05, 3.63) is 59.2 Å². The van der Waals surface area contributed by atoms with Gasteiger partial charge in [0.1, 0.15) is 35.7 Å². The number of phenols is 2. The fourth-order valence-corrected chi connectivity index (χ4v) is 4.23. The molecular weight excluding hydrogens is 542 g/mol. The van der Waals surface area contributed by atoms with Crippen LogP contribution in [0.5, 0.6) is 11.5 Å². The molecule has 11 heteroatoms. The van der Waals surface area contributed by atoms with Crippen LogP contribution in [0.4, 0.5) is 4.79 Å². The van der Waals surface area contributed by atoms with Crippen molar-refractivity contribution < 1.29 is 38.9 Å². The van der Waals surface area contributed by atoms with Crippen LogP contribution in [0, 0.1) is 6.92 Å². The van der Waals surface area contributed by atoms with E-state index in [4.69, 9.17) is 4.74 Å². The van der Waals surface area contributed by atoms with Gasteiger partial charge in [-0.05, 0) is 88.9 Å². The van der Waals surface area contributed by atoms with Gasteiger partial charge in [-0.3, -0.25) is 14.4 Å². The maximum absolute atomic E-state index is 14.6. The standard InChI is InChI=1S/C31H43N3O8/c1-9-31(6,7)34(26(27(38)32-18-25(37)41-8)21-12-15-24(36)19(2)16-21)28(39)23(33-29(40)42-30(3,4)5)17-20-10-13-22(35)14-11-20/h10-16,23,26,35-36H,9,17-18H2,1-8H3,(H,32,38)(H,33,40). The molecule has 0 spiro atoms. The number of esters is 1. The van der Waals surface area contributed by atoms with E-state index < -0.39 is 53.6 Å². The van der Waals surface area contributed by atoms with Crippen LogP contribution in [0.25, 0.3) is 0 Å². The number of aromatic hydroxyl groups is 2. The second kappa shape index (κ2) is 14.1. The molecule has 0 heterocycles. The third-order valence-electron chi connectivity index (χ3n) is 6.80. The first-order valence-corrected chi connectivity index (χ1v) is 13.7. The predicted octanol–water partition coefficient (Wildman–Crippen LogP) is 3.89. The zero-order chi connectivity index (χ0) is 31.8. The Labute approximate surface area is 247 Å². The normalized spacial score (nSPS) is 13.0. The van der Waals surface area contributed by atoms with Crippen molar-refractivity contribution in [3.8, 4) is 11.5 Å². The van der Waals surface area contributed by atoms with Gasteiger partial charge in [-0.1, -0.05) is 25.1 Å². The average Bonchev–Trinajstić information content (AvgIpc) is 2.91. The molecule has 0 aromatic heterocycles. The minimum absolute atomic E-state index is 0.0110. The number of benzene rings is 2. The molecule has 2 aromatic carbocycles. The SMILES string of the molecule is CCC(C)(C)N(C(=O)C(Cc1ccc(O)cc1)NC(=O)OC(C)(C)C)C(C(=O)NCC(=O)OC)c1ccc(O)c(C)c1. The molecule has 0 fully saturated rings. The summed E-state index contributed by atoms with van der Waals surface area (Å²) in [7, 11) is 1.20. The Morgan fingerprint density at radius 3 is 2.12 bits per heavy atom. The Balaban J connectivity index is 2.69. The van der Waals surface area contributed by atoms with E-state index in [9.17, 15) is 29.4 Å². The number of phenolic OH excluding ortho intramolecular Hbond substituents is 2. The van der Waals surface area contributed by atoms with Crippen molar-refractivity contribution in [2.45, 2.75) is 84.5 Å². The molecule has 0 aliphatic heterocycles. The first-order valence-electron chi connectivity index (χ1n) is 13.7. The first kappa shape index (κ1) is 33.9. The molecule has 2 unspecified atom stereocenters. The number of carbonyl (C=O) groups is 4. The number of rotatable bonds is 11. The van der Waals surface area contributed by atoms with Gasteiger partial charge in [0, 0.05) is 12.0 Å². The lowest BCUT2D eigenvalue weighted by atomic mass is 9.90. The summed E-state index contributed by atoms with van der Waals surface area (Å²) in [5, 5.41) is 25.1. The summed E-state index contributed by atoms with van der Waals surface area (Å²) in [4.78, 5) is 54.5. The van der Waals surface area contributed by atoms with E-state index in [1.165, 1.54) is 36.3 Å². The Kier molecular flexibility index (Phi) is 11.4.